The first-order valence-electron chi connectivity index (χ1n) is 8.65. The van der Waals surface area contributed by atoms with E-state index in [1.54, 1.807) is 6.92 Å². The van der Waals surface area contributed by atoms with Gasteiger partial charge in [-0.15, -0.1) is 0 Å². The van der Waals surface area contributed by atoms with Gasteiger partial charge in [-0.3, -0.25) is 9.69 Å². The van der Waals surface area contributed by atoms with Gasteiger partial charge in [0, 0.05) is 43.5 Å². The van der Waals surface area contributed by atoms with Gasteiger partial charge in [-0.2, -0.15) is 0 Å². The van der Waals surface area contributed by atoms with Crippen LogP contribution in [0.4, 0.5) is 0 Å². The third-order valence-electron chi connectivity index (χ3n) is 5.36. The van der Waals surface area contributed by atoms with Gasteiger partial charge in [-0.05, 0) is 44.0 Å². The fourth-order valence-corrected chi connectivity index (χ4v) is 4.13. The van der Waals surface area contributed by atoms with Gasteiger partial charge >= 0.3 is 0 Å². The van der Waals surface area contributed by atoms with Crippen LogP contribution in [0.3, 0.4) is 0 Å². The lowest BCUT2D eigenvalue weighted by molar-refractivity contribution is -0.130. The molecule has 5 nitrogen and oxygen atoms in total. The zero-order valence-corrected chi connectivity index (χ0v) is 14.6. The molecule has 0 aliphatic carbocycles. The predicted octanol–water partition coefficient (Wildman–Crippen LogP) is 3.28. The summed E-state index contributed by atoms with van der Waals surface area (Å²) in [4.78, 5) is 20.6. The Morgan fingerprint density at radius 1 is 1.25 bits per heavy atom. The summed E-state index contributed by atoms with van der Waals surface area (Å²) in [5.41, 5.74) is 1.65. The minimum absolute atomic E-state index is 0.192. The van der Waals surface area contributed by atoms with E-state index in [4.69, 9.17) is 16.0 Å². The number of carbonyl (C=O) groups excluding carboxylic acids is 1. The van der Waals surface area contributed by atoms with E-state index in [9.17, 15) is 4.79 Å². The van der Waals surface area contributed by atoms with Crippen LogP contribution in [-0.2, 0) is 4.79 Å². The number of hydrogen-bond acceptors (Lipinski definition) is 4. The molecule has 4 rings (SSSR count). The Bertz CT molecular complexity index is 752. The molecule has 0 bridgehead atoms. The topological polar surface area (TPSA) is 49.6 Å². The number of aromatic nitrogens is 1. The number of amides is 1. The van der Waals surface area contributed by atoms with Crippen molar-refractivity contribution in [2.24, 2.45) is 0 Å². The third kappa shape index (κ3) is 3.03. The van der Waals surface area contributed by atoms with Crippen LogP contribution in [0.15, 0.2) is 22.6 Å². The molecule has 2 aromatic rings. The molecule has 2 fully saturated rings. The summed E-state index contributed by atoms with van der Waals surface area (Å²) in [5.74, 6) is 1.37. The zero-order valence-electron chi connectivity index (χ0n) is 13.9. The Hall–Kier alpha value is -1.59. The number of halogens is 1. The van der Waals surface area contributed by atoms with E-state index in [1.165, 1.54) is 0 Å². The average Bonchev–Trinajstić information content (AvgIpc) is 3.21. The highest BCUT2D eigenvalue weighted by molar-refractivity contribution is 6.31. The van der Waals surface area contributed by atoms with Crippen molar-refractivity contribution >= 4 is 28.6 Å². The summed E-state index contributed by atoms with van der Waals surface area (Å²) in [6.45, 7) is 5.48. The molecule has 3 heterocycles. The van der Waals surface area contributed by atoms with Crippen molar-refractivity contribution < 1.29 is 9.21 Å². The number of hydrogen-bond donors (Lipinski definition) is 0. The molecule has 24 heavy (non-hydrogen) atoms. The highest BCUT2D eigenvalue weighted by atomic mass is 35.5. The highest BCUT2D eigenvalue weighted by Gasteiger charge is 2.33. The molecule has 1 atom stereocenters. The van der Waals surface area contributed by atoms with Gasteiger partial charge in [-0.25, -0.2) is 4.98 Å². The summed E-state index contributed by atoms with van der Waals surface area (Å²) >= 11 is 6.03. The van der Waals surface area contributed by atoms with E-state index in [-0.39, 0.29) is 5.91 Å². The standard InChI is InChI=1S/C18H22ClN3O2/c1-12(23)21-8-5-15(6-9-21)22-7-4-13(11-22)18-20-16-10-14(19)2-3-17(16)24-18/h2-3,10,13,15H,4-9,11H2,1H3/t13-/m0/s1. The van der Waals surface area contributed by atoms with Gasteiger partial charge in [-0.1, -0.05) is 11.6 Å². The van der Waals surface area contributed by atoms with Gasteiger partial charge < -0.3 is 9.32 Å². The molecule has 2 aliphatic heterocycles. The van der Waals surface area contributed by atoms with Crippen LogP contribution in [0.2, 0.25) is 5.02 Å². The molecule has 0 saturated carbocycles. The number of benzene rings is 1. The second kappa shape index (κ2) is 6.37. The van der Waals surface area contributed by atoms with Crippen LogP contribution in [0.5, 0.6) is 0 Å². The van der Waals surface area contributed by atoms with Crippen molar-refractivity contribution in [3.05, 3.63) is 29.1 Å². The maximum Gasteiger partial charge on any atom is 0.219 e. The molecule has 1 aromatic heterocycles. The average molecular weight is 348 g/mol. The molecular weight excluding hydrogens is 326 g/mol. The minimum atomic E-state index is 0.192. The molecule has 6 heteroatoms. The van der Waals surface area contributed by atoms with E-state index < -0.39 is 0 Å². The second-order valence-electron chi connectivity index (χ2n) is 6.88. The Labute approximate surface area is 146 Å². The lowest BCUT2D eigenvalue weighted by Gasteiger charge is -2.36. The SMILES string of the molecule is CC(=O)N1CCC(N2CC[C@H](c3nc4cc(Cl)ccc4o3)C2)CC1. The normalized spacial score (nSPS) is 23.2. The molecule has 0 N–H and O–H groups in total. The van der Waals surface area contributed by atoms with Crippen molar-refractivity contribution in [3.8, 4) is 0 Å². The van der Waals surface area contributed by atoms with E-state index in [0.717, 1.165) is 62.4 Å². The van der Waals surface area contributed by atoms with E-state index in [1.807, 2.05) is 23.1 Å². The molecule has 2 aliphatic rings. The molecule has 1 amide bonds. The van der Waals surface area contributed by atoms with Crippen molar-refractivity contribution in [1.82, 2.24) is 14.8 Å². The molecule has 2 saturated heterocycles. The monoisotopic (exact) mass is 347 g/mol. The number of fused-ring (bicyclic) bond motifs is 1. The number of carbonyl (C=O) groups is 1. The van der Waals surface area contributed by atoms with E-state index in [0.29, 0.717) is 17.0 Å². The minimum Gasteiger partial charge on any atom is -0.440 e. The van der Waals surface area contributed by atoms with Gasteiger partial charge in [0.05, 0.1) is 0 Å². The first kappa shape index (κ1) is 15.9. The fourth-order valence-electron chi connectivity index (χ4n) is 3.96. The van der Waals surface area contributed by atoms with E-state index >= 15 is 0 Å². The largest absolute Gasteiger partial charge is 0.440 e. The molecule has 0 unspecified atom stereocenters. The van der Waals surface area contributed by atoms with Gasteiger partial charge in [0.25, 0.3) is 0 Å². The number of nitrogens with zero attached hydrogens (tertiary/aromatic N) is 3. The molecule has 0 spiro atoms. The first-order valence-corrected chi connectivity index (χ1v) is 9.03. The Balaban J connectivity index is 1.41. The lowest BCUT2D eigenvalue weighted by Crippen LogP contribution is -2.45. The summed E-state index contributed by atoms with van der Waals surface area (Å²) in [6.07, 6.45) is 3.21. The second-order valence-corrected chi connectivity index (χ2v) is 7.32. The summed E-state index contributed by atoms with van der Waals surface area (Å²) in [6, 6.07) is 6.15. The van der Waals surface area contributed by atoms with Gasteiger partial charge in [0.15, 0.2) is 11.5 Å². The Morgan fingerprint density at radius 2 is 2.04 bits per heavy atom. The van der Waals surface area contributed by atoms with Gasteiger partial charge in [0.2, 0.25) is 5.91 Å². The van der Waals surface area contributed by atoms with Crippen molar-refractivity contribution in [2.75, 3.05) is 26.2 Å². The molecular formula is C18H22ClN3O2. The van der Waals surface area contributed by atoms with Crippen LogP contribution >= 0.6 is 11.6 Å². The smallest absolute Gasteiger partial charge is 0.219 e. The number of piperidine rings is 1. The van der Waals surface area contributed by atoms with Crippen molar-refractivity contribution in [2.45, 2.75) is 38.1 Å². The maximum atomic E-state index is 11.5. The number of oxazole rings is 1. The summed E-state index contributed by atoms with van der Waals surface area (Å²) in [7, 11) is 0. The van der Waals surface area contributed by atoms with Crippen LogP contribution in [0.1, 0.15) is 38.0 Å². The summed E-state index contributed by atoms with van der Waals surface area (Å²) < 4.78 is 5.94. The third-order valence-corrected chi connectivity index (χ3v) is 5.60. The first-order chi connectivity index (χ1) is 11.6. The predicted molar refractivity (Wildman–Crippen MR) is 93.2 cm³/mol. The van der Waals surface area contributed by atoms with Crippen LogP contribution in [-0.4, -0.2) is 52.9 Å². The van der Waals surface area contributed by atoms with Gasteiger partial charge in [0.1, 0.15) is 5.52 Å². The van der Waals surface area contributed by atoms with E-state index in [2.05, 4.69) is 9.88 Å². The van der Waals surface area contributed by atoms with Crippen molar-refractivity contribution in [3.63, 3.8) is 0 Å². The van der Waals surface area contributed by atoms with Crippen LogP contribution in [0.25, 0.3) is 11.1 Å². The lowest BCUT2D eigenvalue weighted by atomic mass is 10.0. The Morgan fingerprint density at radius 3 is 2.79 bits per heavy atom. The molecule has 128 valence electrons. The Kier molecular flexibility index (Phi) is 4.22. The van der Waals surface area contributed by atoms with Crippen molar-refractivity contribution in [1.29, 1.82) is 0 Å². The van der Waals surface area contributed by atoms with Crippen LogP contribution in [0, 0.1) is 0 Å². The molecule has 0 radical (unpaired) electrons. The fraction of sp³-hybridized carbons (Fsp3) is 0.556. The quantitative estimate of drug-likeness (QED) is 0.836. The van der Waals surface area contributed by atoms with Crippen LogP contribution < -0.4 is 0 Å². The molecule has 1 aromatic carbocycles. The number of rotatable bonds is 2. The highest BCUT2D eigenvalue weighted by Crippen LogP contribution is 2.32. The summed E-state index contributed by atoms with van der Waals surface area (Å²) in [5, 5.41) is 0.688. The zero-order chi connectivity index (χ0) is 16.7. The number of likely N-dealkylation sites (tertiary alicyclic amines) is 2. The maximum absolute atomic E-state index is 11.5.